The topological polar surface area (TPSA) is 78.3 Å². The normalized spacial score (nSPS) is 10.4. The lowest BCUT2D eigenvalue weighted by atomic mass is 10.4. The SMILES string of the molecule is COc1cc(N)c2nncn2n1. The summed E-state index contributed by atoms with van der Waals surface area (Å²) in [5.41, 5.74) is 6.67. The molecular formula is C6H7N5O. The number of nitrogen functional groups attached to an aromatic ring is 1. The maximum Gasteiger partial charge on any atom is 0.233 e. The van der Waals surface area contributed by atoms with Crippen LogP contribution in [0.25, 0.3) is 5.65 Å². The highest BCUT2D eigenvalue weighted by Crippen LogP contribution is 2.14. The Hall–Kier alpha value is -1.85. The Kier molecular flexibility index (Phi) is 1.33. The number of anilines is 1. The van der Waals surface area contributed by atoms with Gasteiger partial charge < -0.3 is 10.5 Å². The van der Waals surface area contributed by atoms with Gasteiger partial charge in [-0.2, -0.15) is 4.52 Å². The van der Waals surface area contributed by atoms with Crippen molar-refractivity contribution in [3.63, 3.8) is 0 Å². The first kappa shape index (κ1) is 6.84. The third-order valence-corrected chi connectivity index (χ3v) is 1.48. The van der Waals surface area contributed by atoms with Crippen molar-refractivity contribution >= 4 is 11.3 Å². The van der Waals surface area contributed by atoms with Gasteiger partial charge in [0.25, 0.3) is 0 Å². The number of nitrogens with two attached hydrogens (primary N) is 1. The lowest BCUT2D eigenvalue weighted by Crippen LogP contribution is -1.99. The van der Waals surface area contributed by atoms with E-state index in [1.165, 1.54) is 18.0 Å². The second kappa shape index (κ2) is 2.33. The van der Waals surface area contributed by atoms with Crippen LogP contribution in [0.3, 0.4) is 0 Å². The Bertz CT molecular complexity index is 409. The van der Waals surface area contributed by atoms with Gasteiger partial charge in [0.2, 0.25) is 11.5 Å². The quantitative estimate of drug-likeness (QED) is 0.628. The molecule has 6 heteroatoms. The van der Waals surface area contributed by atoms with Gasteiger partial charge in [-0.3, -0.25) is 0 Å². The van der Waals surface area contributed by atoms with Gasteiger partial charge in [0.05, 0.1) is 12.8 Å². The van der Waals surface area contributed by atoms with E-state index in [0.717, 1.165) is 0 Å². The highest BCUT2D eigenvalue weighted by molar-refractivity contribution is 5.63. The van der Waals surface area contributed by atoms with Crippen molar-refractivity contribution in [2.24, 2.45) is 0 Å². The van der Waals surface area contributed by atoms with Gasteiger partial charge in [0, 0.05) is 6.07 Å². The van der Waals surface area contributed by atoms with Crippen LogP contribution in [-0.2, 0) is 0 Å². The number of hydrogen-bond acceptors (Lipinski definition) is 5. The van der Waals surface area contributed by atoms with Gasteiger partial charge in [-0.25, -0.2) is 0 Å². The molecule has 0 fully saturated rings. The van der Waals surface area contributed by atoms with E-state index in [1.807, 2.05) is 0 Å². The first-order valence-electron chi connectivity index (χ1n) is 3.32. The Morgan fingerprint density at radius 3 is 3.17 bits per heavy atom. The first-order chi connectivity index (χ1) is 5.81. The van der Waals surface area contributed by atoms with E-state index in [-0.39, 0.29) is 0 Å². The molecule has 0 aliphatic rings. The molecular weight excluding hydrogens is 158 g/mol. The monoisotopic (exact) mass is 165 g/mol. The number of rotatable bonds is 1. The highest BCUT2D eigenvalue weighted by atomic mass is 16.5. The molecule has 0 atom stereocenters. The van der Waals surface area contributed by atoms with Crippen LogP contribution in [0.2, 0.25) is 0 Å². The molecule has 0 radical (unpaired) electrons. The maximum atomic E-state index is 5.63. The van der Waals surface area contributed by atoms with E-state index in [2.05, 4.69) is 15.3 Å². The minimum absolute atomic E-state index is 0.444. The second-order valence-electron chi connectivity index (χ2n) is 2.24. The number of nitrogens with zero attached hydrogens (tertiary/aromatic N) is 4. The van der Waals surface area contributed by atoms with Crippen LogP contribution in [0.1, 0.15) is 0 Å². The van der Waals surface area contributed by atoms with Crippen LogP contribution in [0.5, 0.6) is 5.88 Å². The summed E-state index contributed by atoms with van der Waals surface area (Å²) in [6, 6.07) is 1.60. The minimum Gasteiger partial charge on any atom is -0.480 e. The molecule has 0 aromatic carbocycles. The molecule has 2 aromatic rings. The summed E-state index contributed by atoms with van der Waals surface area (Å²) in [5.74, 6) is 0.444. The van der Waals surface area contributed by atoms with E-state index < -0.39 is 0 Å². The molecule has 0 saturated heterocycles. The van der Waals surface area contributed by atoms with Crippen LogP contribution >= 0.6 is 0 Å². The molecule has 2 heterocycles. The Balaban J connectivity index is 2.75. The maximum absolute atomic E-state index is 5.63. The molecule has 0 amide bonds. The molecule has 2 rings (SSSR count). The van der Waals surface area contributed by atoms with Crippen LogP contribution in [0.15, 0.2) is 12.4 Å². The van der Waals surface area contributed by atoms with Gasteiger partial charge in [-0.05, 0) is 0 Å². The van der Waals surface area contributed by atoms with Crippen molar-refractivity contribution in [3.05, 3.63) is 12.4 Å². The van der Waals surface area contributed by atoms with E-state index in [4.69, 9.17) is 10.5 Å². The Labute approximate surface area is 68.0 Å². The predicted molar refractivity (Wildman–Crippen MR) is 41.7 cm³/mol. The summed E-state index contributed by atoms with van der Waals surface area (Å²) in [4.78, 5) is 0. The average Bonchev–Trinajstić information content (AvgIpc) is 2.52. The van der Waals surface area contributed by atoms with Gasteiger partial charge in [0.15, 0.2) is 0 Å². The smallest absolute Gasteiger partial charge is 0.233 e. The third kappa shape index (κ3) is 0.849. The molecule has 2 aromatic heterocycles. The van der Waals surface area contributed by atoms with Crippen molar-refractivity contribution in [1.82, 2.24) is 19.8 Å². The molecule has 0 spiro atoms. The predicted octanol–water partition coefficient (Wildman–Crippen LogP) is -0.285. The zero-order valence-corrected chi connectivity index (χ0v) is 6.43. The van der Waals surface area contributed by atoms with Gasteiger partial charge >= 0.3 is 0 Å². The number of aromatic nitrogens is 4. The van der Waals surface area contributed by atoms with E-state index in [9.17, 15) is 0 Å². The molecule has 0 unspecified atom stereocenters. The van der Waals surface area contributed by atoms with Crippen molar-refractivity contribution in [1.29, 1.82) is 0 Å². The standard InChI is InChI=1S/C6H7N5O/c1-12-5-2-4(7)6-9-8-3-11(6)10-5/h2-3H,7H2,1H3. The summed E-state index contributed by atoms with van der Waals surface area (Å²) >= 11 is 0. The Morgan fingerprint density at radius 2 is 2.42 bits per heavy atom. The molecule has 12 heavy (non-hydrogen) atoms. The van der Waals surface area contributed by atoms with Crippen molar-refractivity contribution < 1.29 is 4.74 Å². The first-order valence-corrected chi connectivity index (χ1v) is 3.32. The van der Waals surface area contributed by atoms with Crippen LogP contribution in [0, 0.1) is 0 Å². The van der Waals surface area contributed by atoms with Crippen molar-refractivity contribution in [2.45, 2.75) is 0 Å². The lowest BCUT2D eigenvalue weighted by Gasteiger charge is -2.00. The number of fused-ring (bicyclic) bond motifs is 1. The third-order valence-electron chi connectivity index (χ3n) is 1.48. The average molecular weight is 165 g/mol. The highest BCUT2D eigenvalue weighted by Gasteiger charge is 2.03. The fourth-order valence-corrected chi connectivity index (χ4v) is 0.925. The summed E-state index contributed by atoms with van der Waals surface area (Å²) in [6.07, 6.45) is 1.47. The largest absolute Gasteiger partial charge is 0.480 e. The summed E-state index contributed by atoms with van der Waals surface area (Å²) in [6.45, 7) is 0. The van der Waals surface area contributed by atoms with E-state index in [0.29, 0.717) is 17.2 Å². The summed E-state index contributed by atoms with van der Waals surface area (Å²) < 4.78 is 6.37. The van der Waals surface area contributed by atoms with Crippen molar-refractivity contribution in [3.8, 4) is 5.88 Å². The molecule has 6 nitrogen and oxygen atoms in total. The lowest BCUT2D eigenvalue weighted by molar-refractivity contribution is 0.390. The van der Waals surface area contributed by atoms with Crippen LogP contribution in [0.4, 0.5) is 5.69 Å². The van der Waals surface area contributed by atoms with Gasteiger partial charge in [0.1, 0.15) is 6.33 Å². The van der Waals surface area contributed by atoms with Gasteiger partial charge in [-0.1, -0.05) is 0 Å². The fourth-order valence-electron chi connectivity index (χ4n) is 0.925. The van der Waals surface area contributed by atoms with Crippen LogP contribution in [-0.4, -0.2) is 26.9 Å². The van der Waals surface area contributed by atoms with Crippen molar-refractivity contribution in [2.75, 3.05) is 12.8 Å². The molecule has 62 valence electrons. The number of hydrogen-bond donors (Lipinski definition) is 1. The summed E-state index contributed by atoms with van der Waals surface area (Å²) in [5, 5.41) is 11.4. The number of ether oxygens (including phenoxy) is 1. The summed E-state index contributed by atoms with van der Waals surface area (Å²) in [7, 11) is 1.53. The molecule has 0 aliphatic carbocycles. The zero-order chi connectivity index (χ0) is 8.55. The Morgan fingerprint density at radius 1 is 1.58 bits per heavy atom. The van der Waals surface area contributed by atoms with E-state index in [1.54, 1.807) is 6.07 Å². The van der Waals surface area contributed by atoms with E-state index >= 15 is 0 Å². The van der Waals surface area contributed by atoms with Crippen LogP contribution < -0.4 is 10.5 Å². The molecule has 0 bridgehead atoms. The second-order valence-corrected chi connectivity index (χ2v) is 2.24. The fraction of sp³-hybridized carbons (Fsp3) is 0.167. The number of methoxy groups -OCH3 is 1. The molecule has 0 aliphatic heterocycles. The minimum atomic E-state index is 0.444. The molecule has 0 saturated carbocycles. The molecule has 2 N–H and O–H groups in total. The van der Waals surface area contributed by atoms with Gasteiger partial charge in [-0.15, -0.1) is 15.3 Å². The zero-order valence-electron chi connectivity index (χ0n) is 6.43.